The molecule has 0 unspecified atom stereocenters. The molecule has 0 fully saturated rings. The van der Waals surface area contributed by atoms with Crippen LogP contribution >= 0.6 is 0 Å². The number of carboxylic acids is 2. The highest BCUT2D eigenvalue weighted by Crippen LogP contribution is 2.08. The van der Waals surface area contributed by atoms with E-state index in [1.807, 2.05) is 6.92 Å². The fourth-order valence-corrected chi connectivity index (χ4v) is 0.926. The standard InChI is InChI=1S/C11H16O4/c1-3-4-5-9(11(14)15)7-6-8(2)10(12)13/h6-7H,3-5H2,1-2H3,(H,12,13)(H,14,15). The number of unbranched alkanes of at least 4 members (excludes halogenated alkanes) is 1. The molecular formula is C11H16O4. The first-order chi connectivity index (χ1) is 6.99. The summed E-state index contributed by atoms with van der Waals surface area (Å²) in [7, 11) is 0. The van der Waals surface area contributed by atoms with E-state index in [-0.39, 0.29) is 11.1 Å². The number of hydrogen-bond donors (Lipinski definition) is 2. The fraction of sp³-hybridized carbons (Fsp3) is 0.455. The number of allylic oxidation sites excluding steroid dienone is 2. The van der Waals surface area contributed by atoms with Crippen molar-refractivity contribution in [1.82, 2.24) is 0 Å². The van der Waals surface area contributed by atoms with E-state index in [9.17, 15) is 9.59 Å². The Morgan fingerprint density at radius 1 is 1.13 bits per heavy atom. The molecule has 2 N–H and O–H groups in total. The van der Waals surface area contributed by atoms with Gasteiger partial charge in [0.1, 0.15) is 0 Å². The van der Waals surface area contributed by atoms with Crippen LogP contribution in [-0.4, -0.2) is 22.2 Å². The van der Waals surface area contributed by atoms with E-state index < -0.39 is 11.9 Å². The van der Waals surface area contributed by atoms with Crippen molar-refractivity contribution in [3.05, 3.63) is 23.3 Å². The second-order valence-electron chi connectivity index (χ2n) is 3.26. The number of carboxylic acid groups (broad SMARTS) is 2. The van der Waals surface area contributed by atoms with Crippen LogP contribution in [0.25, 0.3) is 0 Å². The molecule has 0 atom stereocenters. The summed E-state index contributed by atoms with van der Waals surface area (Å²) in [4.78, 5) is 21.2. The molecular weight excluding hydrogens is 196 g/mol. The molecule has 0 saturated heterocycles. The average molecular weight is 212 g/mol. The Balaban J connectivity index is 4.62. The maximum absolute atomic E-state index is 10.7. The Morgan fingerprint density at radius 2 is 1.73 bits per heavy atom. The highest BCUT2D eigenvalue weighted by Gasteiger charge is 2.05. The minimum atomic E-state index is -1.04. The molecule has 0 heterocycles. The van der Waals surface area contributed by atoms with Crippen molar-refractivity contribution in [2.24, 2.45) is 0 Å². The minimum Gasteiger partial charge on any atom is -0.478 e. The molecule has 0 aliphatic heterocycles. The van der Waals surface area contributed by atoms with Crippen molar-refractivity contribution in [2.45, 2.75) is 33.1 Å². The molecule has 0 radical (unpaired) electrons. The minimum absolute atomic E-state index is 0.130. The van der Waals surface area contributed by atoms with Crippen LogP contribution in [0, 0.1) is 0 Å². The monoisotopic (exact) mass is 212 g/mol. The van der Waals surface area contributed by atoms with Gasteiger partial charge in [0.15, 0.2) is 0 Å². The molecule has 0 aliphatic carbocycles. The van der Waals surface area contributed by atoms with Crippen LogP contribution in [0.15, 0.2) is 23.3 Å². The number of hydrogen-bond acceptors (Lipinski definition) is 2. The van der Waals surface area contributed by atoms with Gasteiger partial charge in [-0.2, -0.15) is 0 Å². The zero-order chi connectivity index (χ0) is 11.8. The van der Waals surface area contributed by atoms with Gasteiger partial charge in [0.2, 0.25) is 0 Å². The third-order valence-corrected chi connectivity index (χ3v) is 1.95. The summed E-state index contributed by atoms with van der Waals surface area (Å²) in [6.45, 7) is 3.40. The van der Waals surface area contributed by atoms with Gasteiger partial charge < -0.3 is 10.2 Å². The van der Waals surface area contributed by atoms with Gasteiger partial charge in [0.05, 0.1) is 0 Å². The zero-order valence-corrected chi connectivity index (χ0v) is 8.99. The highest BCUT2D eigenvalue weighted by molar-refractivity contribution is 5.89. The van der Waals surface area contributed by atoms with E-state index in [4.69, 9.17) is 10.2 Å². The lowest BCUT2D eigenvalue weighted by Gasteiger charge is -1.99. The molecule has 0 spiro atoms. The third kappa shape index (κ3) is 5.67. The lowest BCUT2D eigenvalue weighted by molar-refractivity contribution is -0.133. The summed E-state index contributed by atoms with van der Waals surface area (Å²) in [5, 5.41) is 17.4. The van der Waals surface area contributed by atoms with E-state index in [2.05, 4.69) is 0 Å². The second-order valence-corrected chi connectivity index (χ2v) is 3.26. The Labute approximate surface area is 88.9 Å². The van der Waals surface area contributed by atoms with Gasteiger partial charge in [0, 0.05) is 11.1 Å². The van der Waals surface area contributed by atoms with Gasteiger partial charge >= 0.3 is 11.9 Å². The Bertz CT molecular complexity index is 300. The predicted molar refractivity (Wildman–Crippen MR) is 56.6 cm³/mol. The van der Waals surface area contributed by atoms with E-state index in [1.54, 1.807) is 0 Å². The van der Waals surface area contributed by atoms with Gasteiger partial charge in [-0.3, -0.25) is 0 Å². The lowest BCUT2D eigenvalue weighted by atomic mass is 10.1. The van der Waals surface area contributed by atoms with Crippen molar-refractivity contribution in [2.75, 3.05) is 0 Å². The van der Waals surface area contributed by atoms with Gasteiger partial charge in [-0.1, -0.05) is 25.5 Å². The predicted octanol–water partition coefficient (Wildman–Crippen LogP) is 2.22. The van der Waals surface area contributed by atoms with E-state index >= 15 is 0 Å². The first-order valence-corrected chi connectivity index (χ1v) is 4.83. The van der Waals surface area contributed by atoms with E-state index in [0.717, 1.165) is 12.8 Å². The molecule has 0 saturated carbocycles. The van der Waals surface area contributed by atoms with Crippen LogP contribution in [0.5, 0.6) is 0 Å². The van der Waals surface area contributed by atoms with Gasteiger partial charge in [0.25, 0.3) is 0 Å². The number of carbonyl (C=O) groups is 2. The first-order valence-electron chi connectivity index (χ1n) is 4.83. The number of aliphatic carboxylic acids is 2. The first kappa shape index (κ1) is 13.4. The quantitative estimate of drug-likeness (QED) is 0.523. The van der Waals surface area contributed by atoms with Crippen LogP contribution in [0.2, 0.25) is 0 Å². The fourth-order valence-electron chi connectivity index (χ4n) is 0.926. The van der Waals surface area contributed by atoms with Crippen molar-refractivity contribution in [3.63, 3.8) is 0 Å². The summed E-state index contributed by atoms with van der Waals surface area (Å²) in [6, 6.07) is 0. The number of rotatable bonds is 6. The summed E-state index contributed by atoms with van der Waals surface area (Å²) >= 11 is 0. The molecule has 84 valence electrons. The highest BCUT2D eigenvalue weighted by atomic mass is 16.4. The molecule has 0 aromatic carbocycles. The molecule has 4 heteroatoms. The molecule has 15 heavy (non-hydrogen) atoms. The average Bonchev–Trinajstić information content (AvgIpc) is 2.16. The molecule has 0 aromatic heterocycles. The van der Waals surface area contributed by atoms with Crippen LogP contribution < -0.4 is 0 Å². The van der Waals surface area contributed by atoms with Crippen molar-refractivity contribution in [1.29, 1.82) is 0 Å². The summed E-state index contributed by atoms with van der Waals surface area (Å²) in [6.07, 6.45) is 4.85. The van der Waals surface area contributed by atoms with Crippen LogP contribution in [-0.2, 0) is 9.59 Å². The topological polar surface area (TPSA) is 74.6 Å². The maximum Gasteiger partial charge on any atom is 0.331 e. The molecule has 0 rings (SSSR count). The Hall–Kier alpha value is -1.58. The van der Waals surface area contributed by atoms with Gasteiger partial charge in [-0.15, -0.1) is 0 Å². The van der Waals surface area contributed by atoms with Crippen molar-refractivity contribution >= 4 is 11.9 Å². The summed E-state index contributed by atoms with van der Waals surface area (Å²) in [5.41, 5.74) is 0.377. The second kappa shape index (κ2) is 6.81. The molecule has 0 amide bonds. The smallest absolute Gasteiger partial charge is 0.331 e. The molecule has 0 aromatic rings. The van der Waals surface area contributed by atoms with Crippen molar-refractivity contribution in [3.8, 4) is 0 Å². The SMILES string of the molecule is CCCCC(=CC=C(C)C(=O)O)C(=O)O. The van der Waals surface area contributed by atoms with Crippen LogP contribution in [0.1, 0.15) is 33.1 Å². The molecule has 4 nitrogen and oxygen atoms in total. The Morgan fingerprint density at radius 3 is 2.13 bits per heavy atom. The lowest BCUT2D eigenvalue weighted by Crippen LogP contribution is -2.01. The molecule has 0 aliphatic rings. The normalized spacial score (nSPS) is 12.7. The van der Waals surface area contributed by atoms with Crippen LogP contribution in [0.3, 0.4) is 0 Å². The summed E-state index contributed by atoms with van der Waals surface area (Å²) in [5.74, 6) is -2.02. The van der Waals surface area contributed by atoms with E-state index in [0.29, 0.717) is 6.42 Å². The maximum atomic E-state index is 10.7. The van der Waals surface area contributed by atoms with Gasteiger partial charge in [-0.05, 0) is 19.8 Å². The van der Waals surface area contributed by atoms with Crippen molar-refractivity contribution < 1.29 is 19.8 Å². The Kier molecular flexibility index (Phi) is 6.09. The zero-order valence-electron chi connectivity index (χ0n) is 8.99. The van der Waals surface area contributed by atoms with Crippen LogP contribution in [0.4, 0.5) is 0 Å². The molecule has 0 bridgehead atoms. The largest absolute Gasteiger partial charge is 0.478 e. The third-order valence-electron chi connectivity index (χ3n) is 1.95. The van der Waals surface area contributed by atoms with Gasteiger partial charge in [-0.25, -0.2) is 9.59 Å². The summed E-state index contributed by atoms with van der Waals surface area (Å²) < 4.78 is 0. The van der Waals surface area contributed by atoms with E-state index in [1.165, 1.54) is 19.1 Å².